The van der Waals surface area contributed by atoms with Gasteiger partial charge in [0.15, 0.2) is 0 Å². The molecule has 0 saturated carbocycles. The van der Waals surface area contributed by atoms with Gasteiger partial charge in [0.2, 0.25) is 5.91 Å². The number of hydrogen-bond donors (Lipinski definition) is 3. The van der Waals surface area contributed by atoms with E-state index in [1.54, 1.807) is 13.0 Å². The van der Waals surface area contributed by atoms with E-state index in [0.717, 1.165) is 0 Å². The fraction of sp³-hybridized carbons (Fsp3) is 0.364. The van der Waals surface area contributed by atoms with Crippen LogP contribution < -0.4 is 16.4 Å². The zero-order valence-corrected chi connectivity index (χ0v) is 9.86. The molecule has 0 radical (unpaired) electrons. The van der Waals surface area contributed by atoms with Crippen LogP contribution in [-0.4, -0.2) is 29.4 Å². The van der Waals surface area contributed by atoms with Crippen LogP contribution in [0.3, 0.4) is 0 Å². The number of amides is 2. The maximum atomic E-state index is 11.7. The Balaban J connectivity index is 2.63. The van der Waals surface area contributed by atoms with Gasteiger partial charge in [-0.05, 0) is 26.0 Å². The number of rotatable bonds is 4. The molecule has 0 saturated heterocycles. The van der Waals surface area contributed by atoms with Crippen molar-refractivity contribution in [3.05, 3.63) is 24.0 Å². The normalized spacial score (nSPS) is 11.6. The monoisotopic (exact) mass is 236 g/mol. The highest BCUT2D eigenvalue weighted by atomic mass is 16.2. The van der Waals surface area contributed by atoms with Crippen LogP contribution in [0.4, 0.5) is 5.69 Å². The fourth-order valence-corrected chi connectivity index (χ4v) is 1.23. The van der Waals surface area contributed by atoms with Gasteiger partial charge in [-0.25, -0.2) is 0 Å². The first-order valence-electron chi connectivity index (χ1n) is 5.34. The smallest absolute Gasteiger partial charge is 0.270 e. The summed E-state index contributed by atoms with van der Waals surface area (Å²) >= 11 is 0. The first-order chi connectivity index (χ1) is 8.04. The third-order valence-corrected chi connectivity index (χ3v) is 2.11. The number of hydrogen-bond acceptors (Lipinski definition) is 4. The topological polar surface area (TPSA) is 97.1 Å². The summed E-state index contributed by atoms with van der Waals surface area (Å²) in [6, 6.07) is 2.44. The van der Waals surface area contributed by atoms with Crippen molar-refractivity contribution in [3.8, 4) is 0 Å². The Morgan fingerprint density at radius 2 is 2.24 bits per heavy atom. The molecule has 0 bridgehead atoms. The van der Waals surface area contributed by atoms with Crippen LogP contribution in [0.5, 0.6) is 0 Å². The van der Waals surface area contributed by atoms with Gasteiger partial charge in [0.1, 0.15) is 11.7 Å². The van der Waals surface area contributed by atoms with Crippen molar-refractivity contribution in [2.45, 2.75) is 19.9 Å². The van der Waals surface area contributed by atoms with Crippen LogP contribution in [0, 0.1) is 0 Å². The largest absolute Gasteiger partial charge is 0.399 e. The number of likely N-dealkylation sites (N-methyl/N-ethyl adjacent to an activating group) is 1. The molecule has 17 heavy (non-hydrogen) atoms. The van der Waals surface area contributed by atoms with Crippen LogP contribution in [0.25, 0.3) is 0 Å². The summed E-state index contributed by atoms with van der Waals surface area (Å²) < 4.78 is 0. The molecule has 6 heteroatoms. The average molecular weight is 236 g/mol. The zero-order chi connectivity index (χ0) is 12.8. The second kappa shape index (κ2) is 5.83. The molecule has 0 fully saturated rings. The van der Waals surface area contributed by atoms with Gasteiger partial charge in [0, 0.05) is 18.4 Å². The van der Waals surface area contributed by atoms with Crippen molar-refractivity contribution in [1.82, 2.24) is 15.6 Å². The number of nitrogen functional groups attached to an aromatic ring is 1. The highest BCUT2D eigenvalue weighted by molar-refractivity contribution is 5.96. The maximum Gasteiger partial charge on any atom is 0.270 e. The molecule has 1 unspecified atom stereocenters. The van der Waals surface area contributed by atoms with Crippen LogP contribution in [0.1, 0.15) is 24.3 Å². The summed E-state index contributed by atoms with van der Waals surface area (Å²) in [5, 5.41) is 5.15. The minimum absolute atomic E-state index is 0.196. The molecule has 0 spiro atoms. The Hall–Kier alpha value is -2.11. The summed E-state index contributed by atoms with van der Waals surface area (Å²) in [5.41, 5.74) is 6.19. The molecule has 1 aromatic rings. The van der Waals surface area contributed by atoms with Crippen LogP contribution in [0.15, 0.2) is 18.3 Å². The SMILES string of the molecule is CCNC(=O)C(C)NC(=O)c1cc(N)ccn1. The average Bonchev–Trinajstić information content (AvgIpc) is 2.29. The van der Waals surface area contributed by atoms with Gasteiger partial charge in [0.25, 0.3) is 5.91 Å². The highest BCUT2D eigenvalue weighted by Gasteiger charge is 2.16. The van der Waals surface area contributed by atoms with E-state index < -0.39 is 11.9 Å². The first kappa shape index (κ1) is 13.0. The molecular formula is C11H16N4O2. The molecule has 1 aromatic heterocycles. The molecule has 0 aliphatic rings. The Morgan fingerprint density at radius 1 is 1.53 bits per heavy atom. The number of nitrogens with two attached hydrogens (primary N) is 1. The van der Waals surface area contributed by atoms with Crippen molar-refractivity contribution < 1.29 is 9.59 Å². The van der Waals surface area contributed by atoms with Gasteiger partial charge in [-0.15, -0.1) is 0 Å². The van der Waals surface area contributed by atoms with Gasteiger partial charge in [-0.1, -0.05) is 0 Å². The van der Waals surface area contributed by atoms with Gasteiger partial charge in [0.05, 0.1) is 0 Å². The lowest BCUT2D eigenvalue weighted by atomic mass is 10.2. The third-order valence-electron chi connectivity index (χ3n) is 2.11. The van der Waals surface area contributed by atoms with E-state index in [-0.39, 0.29) is 11.6 Å². The van der Waals surface area contributed by atoms with Gasteiger partial charge in [-0.2, -0.15) is 0 Å². The minimum Gasteiger partial charge on any atom is -0.399 e. The van der Waals surface area contributed by atoms with Crippen molar-refractivity contribution in [2.75, 3.05) is 12.3 Å². The van der Waals surface area contributed by atoms with E-state index in [2.05, 4.69) is 15.6 Å². The van der Waals surface area contributed by atoms with E-state index in [1.165, 1.54) is 12.3 Å². The molecule has 0 aliphatic heterocycles. The van der Waals surface area contributed by atoms with Gasteiger partial charge in [-0.3, -0.25) is 14.6 Å². The molecule has 2 amide bonds. The highest BCUT2D eigenvalue weighted by Crippen LogP contribution is 2.02. The van der Waals surface area contributed by atoms with Crippen molar-refractivity contribution in [1.29, 1.82) is 0 Å². The van der Waals surface area contributed by atoms with Gasteiger partial charge < -0.3 is 16.4 Å². The van der Waals surface area contributed by atoms with Crippen molar-refractivity contribution in [2.24, 2.45) is 0 Å². The van der Waals surface area contributed by atoms with E-state index in [0.29, 0.717) is 12.2 Å². The molecule has 6 nitrogen and oxygen atoms in total. The quantitative estimate of drug-likeness (QED) is 0.681. The first-order valence-corrected chi connectivity index (χ1v) is 5.34. The number of aromatic nitrogens is 1. The molecule has 4 N–H and O–H groups in total. The lowest BCUT2D eigenvalue weighted by molar-refractivity contribution is -0.122. The number of nitrogens with zero attached hydrogens (tertiary/aromatic N) is 1. The summed E-state index contributed by atoms with van der Waals surface area (Å²) in [7, 11) is 0. The second-order valence-corrected chi connectivity index (χ2v) is 3.56. The molecule has 0 aliphatic carbocycles. The third kappa shape index (κ3) is 3.75. The Bertz CT molecular complexity index is 420. The molecule has 1 atom stereocenters. The summed E-state index contributed by atoms with van der Waals surface area (Å²) in [6.07, 6.45) is 1.45. The zero-order valence-electron chi connectivity index (χ0n) is 9.86. The lowest BCUT2D eigenvalue weighted by Crippen LogP contribution is -2.44. The summed E-state index contributed by atoms with van der Waals surface area (Å²) in [4.78, 5) is 27.0. The molecule has 1 heterocycles. The van der Waals surface area contributed by atoms with Gasteiger partial charge >= 0.3 is 0 Å². The summed E-state index contributed by atoms with van der Waals surface area (Å²) in [5.74, 6) is -0.652. The predicted octanol–water partition coefficient (Wildman–Crippen LogP) is -0.0818. The number of carbonyl (C=O) groups excluding carboxylic acids is 2. The Labute approximate surface area is 99.6 Å². The van der Waals surface area contributed by atoms with Crippen LogP contribution >= 0.6 is 0 Å². The number of anilines is 1. The van der Waals surface area contributed by atoms with E-state index >= 15 is 0 Å². The van der Waals surface area contributed by atoms with E-state index in [4.69, 9.17) is 5.73 Å². The predicted molar refractivity (Wildman–Crippen MR) is 64.3 cm³/mol. The standard InChI is InChI=1S/C11H16N4O2/c1-3-13-10(16)7(2)15-11(17)9-6-8(12)4-5-14-9/h4-7H,3H2,1-2H3,(H2,12,14)(H,13,16)(H,15,17). The van der Waals surface area contributed by atoms with Crippen LogP contribution in [-0.2, 0) is 4.79 Å². The fourth-order valence-electron chi connectivity index (χ4n) is 1.23. The van der Waals surface area contributed by atoms with Crippen LogP contribution in [0.2, 0.25) is 0 Å². The number of carbonyl (C=O) groups is 2. The lowest BCUT2D eigenvalue weighted by Gasteiger charge is -2.12. The van der Waals surface area contributed by atoms with Crippen molar-refractivity contribution in [3.63, 3.8) is 0 Å². The van der Waals surface area contributed by atoms with E-state index in [1.807, 2.05) is 6.92 Å². The maximum absolute atomic E-state index is 11.7. The minimum atomic E-state index is -0.606. The molecule has 0 aromatic carbocycles. The molecule has 1 rings (SSSR count). The van der Waals surface area contributed by atoms with Crippen molar-refractivity contribution >= 4 is 17.5 Å². The number of nitrogens with one attached hydrogen (secondary N) is 2. The number of pyridine rings is 1. The Kier molecular flexibility index (Phi) is 4.45. The Morgan fingerprint density at radius 3 is 2.82 bits per heavy atom. The second-order valence-electron chi connectivity index (χ2n) is 3.56. The summed E-state index contributed by atoms with van der Waals surface area (Å²) in [6.45, 7) is 3.94. The van der Waals surface area contributed by atoms with E-state index in [9.17, 15) is 9.59 Å². The molecular weight excluding hydrogens is 220 g/mol. The molecule has 92 valence electrons.